The van der Waals surface area contributed by atoms with Gasteiger partial charge in [-0.05, 0) is 69.9 Å². The van der Waals surface area contributed by atoms with Crippen molar-refractivity contribution in [2.75, 3.05) is 26.2 Å². The summed E-state index contributed by atoms with van der Waals surface area (Å²) >= 11 is 0. The molecule has 1 saturated heterocycles. The van der Waals surface area contributed by atoms with E-state index in [4.69, 9.17) is 4.74 Å². The maximum atomic E-state index is 5.66. The molecule has 1 unspecified atom stereocenters. The third-order valence-electron chi connectivity index (χ3n) is 3.89. The predicted octanol–water partition coefficient (Wildman–Crippen LogP) is 3.30. The van der Waals surface area contributed by atoms with Crippen molar-refractivity contribution in [1.82, 2.24) is 10.2 Å². The van der Waals surface area contributed by atoms with E-state index in [2.05, 4.69) is 55.3 Å². The molecule has 0 amide bonds. The summed E-state index contributed by atoms with van der Waals surface area (Å²) < 4.78 is 5.66. The van der Waals surface area contributed by atoms with Crippen molar-refractivity contribution >= 4 is 0 Å². The summed E-state index contributed by atoms with van der Waals surface area (Å²) in [7, 11) is 0. The van der Waals surface area contributed by atoms with E-state index >= 15 is 0 Å². The Labute approximate surface area is 129 Å². The van der Waals surface area contributed by atoms with Crippen LogP contribution in [0.5, 0.6) is 5.75 Å². The summed E-state index contributed by atoms with van der Waals surface area (Å²) in [4.78, 5) is 2.59. The van der Waals surface area contributed by atoms with Crippen LogP contribution < -0.4 is 10.1 Å². The highest BCUT2D eigenvalue weighted by Gasteiger charge is 2.14. The van der Waals surface area contributed by atoms with Crippen LogP contribution in [0.15, 0.2) is 24.3 Å². The van der Waals surface area contributed by atoms with E-state index in [1.165, 1.54) is 38.0 Å². The lowest BCUT2D eigenvalue weighted by molar-refractivity contribution is 0.242. The highest BCUT2D eigenvalue weighted by Crippen LogP contribution is 2.14. The first-order chi connectivity index (χ1) is 10.1. The summed E-state index contributed by atoms with van der Waals surface area (Å²) in [5.41, 5.74) is 1.32. The van der Waals surface area contributed by atoms with E-state index in [1.54, 1.807) is 0 Å². The van der Waals surface area contributed by atoms with Crippen LogP contribution in [-0.4, -0.2) is 37.2 Å². The van der Waals surface area contributed by atoms with Crippen LogP contribution >= 0.6 is 0 Å². The number of hydrogen-bond acceptors (Lipinski definition) is 3. The summed E-state index contributed by atoms with van der Waals surface area (Å²) in [5, 5.41) is 3.57. The van der Waals surface area contributed by atoms with Crippen LogP contribution in [0, 0.1) is 5.92 Å². The molecule has 0 aromatic heterocycles. The molecule has 1 heterocycles. The molecule has 0 radical (unpaired) electrons. The Balaban J connectivity index is 1.65. The predicted molar refractivity (Wildman–Crippen MR) is 88.8 cm³/mol. The SMILES string of the molecule is CC(CNCc1ccc(OC(C)C)cc1)CN1CCCC1. The molecule has 0 saturated carbocycles. The number of rotatable bonds is 8. The van der Waals surface area contributed by atoms with Crippen LogP contribution in [0.25, 0.3) is 0 Å². The summed E-state index contributed by atoms with van der Waals surface area (Å²) in [6, 6.07) is 8.42. The van der Waals surface area contributed by atoms with Gasteiger partial charge in [0.1, 0.15) is 5.75 Å². The first-order valence-corrected chi connectivity index (χ1v) is 8.32. The number of nitrogens with zero attached hydrogens (tertiary/aromatic N) is 1. The van der Waals surface area contributed by atoms with E-state index in [0.29, 0.717) is 5.92 Å². The largest absolute Gasteiger partial charge is 0.491 e. The topological polar surface area (TPSA) is 24.5 Å². The third kappa shape index (κ3) is 6.06. The molecule has 0 spiro atoms. The van der Waals surface area contributed by atoms with Gasteiger partial charge in [0.25, 0.3) is 0 Å². The third-order valence-corrected chi connectivity index (χ3v) is 3.89. The molecule has 1 atom stereocenters. The molecule has 118 valence electrons. The first-order valence-electron chi connectivity index (χ1n) is 8.32. The van der Waals surface area contributed by atoms with Gasteiger partial charge in [-0.3, -0.25) is 0 Å². The lowest BCUT2D eigenvalue weighted by atomic mass is 10.1. The van der Waals surface area contributed by atoms with Gasteiger partial charge in [-0.25, -0.2) is 0 Å². The zero-order chi connectivity index (χ0) is 15.1. The minimum Gasteiger partial charge on any atom is -0.491 e. The lowest BCUT2D eigenvalue weighted by Crippen LogP contribution is -2.31. The van der Waals surface area contributed by atoms with Crippen molar-refractivity contribution in [2.45, 2.75) is 46.3 Å². The van der Waals surface area contributed by atoms with Gasteiger partial charge in [-0.1, -0.05) is 19.1 Å². The molecule has 0 bridgehead atoms. The molecule has 21 heavy (non-hydrogen) atoms. The highest BCUT2D eigenvalue weighted by atomic mass is 16.5. The van der Waals surface area contributed by atoms with Gasteiger partial charge in [0, 0.05) is 13.1 Å². The van der Waals surface area contributed by atoms with Crippen LogP contribution in [-0.2, 0) is 6.54 Å². The second-order valence-electron chi connectivity index (χ2n) is 6.55. The Morgan fingerprint density at radius 3 is 2.38 bits per heavy atom. The monoisotopic (exact) mass is 290 g/mol. The second-order valence-corrected chi connectivity index (χ2v) is 6.55. The number of nitrogens with one attached hydrogen (secondary N) is 1. The fourth-order valence-electron chi connectivity index (χ4n) is 2.89. The summed E-state index contributed by atoms with van der Waals surface area (Å²) in [6.07, 6.45) is 3.00. The maximum absolute atomic E-state index is 5.66. The van der Waals surface area contributed by atoms with E-state index in [9.17, 15) is 0 Å². The first kappa shape index (κ1) is 16.3. The van der Waals surface area contributed by atoms with Gasteiger partial charge < -0.3 is 15.0 Å². The van der Waals surface area contributed by atoms with Gasteiger partial charge >= 0.3 is 0 Å². The Hall–Kier alpha value is -1.06. The number of benzene rings is 1. The van der Waals surface area contributed by atoms with Gasteiger partial charge in [-0.2, -0.15) is 0 Å². The molecule has 0 aliphatic carbocycles. The zero-order valence-electron chi connectivity index (χ0n) is 13.8. The van der Waals surface area contributed by atoms with Crippen molar-refractivity contribution in [2.24, 2.45) is 5.92 Å². The van der Waals surface area contributed by atoms with Gasteiger partial charge in [-0.15, -0.1) is 0 Å². The quantitative estimate of drug-likeness (QED) is 0.795. The normalized spacial score (nSPS) is 17.3. The van der Waals surface area contributed by atoms with Crippen molar-refractivity contribution in [1.29, 1.82) is 0 Å². The molecule has 1 aliphatic heterocycles. The highest BCUT2D eigenvalue weighted by molar-refractivity contribution is 5.27. The number of hydrogen-bond donors (Lipinski definition) is 1. The second kappa shape index (κ2) is 8.40. The van der Waals surface area contributed by atoms with Crippen molar-refractivity contribution in [3.05, 3.63) is 29.8 Å². The van der Waals surface area contributed by atoms with Crippen molar-refractivity contribution in [3.8, 4) is 5.75 Å². The summed E-state index contributed by atoms with van der Waals surface area (Å²) in [6.45, 7) is 12.3. The molecule has 1 aliphatic rings. The Kier molecular flexibility index (Phi) is 6.52. The molecule has 1 aromatic carbocycles. The Morgan fingerprint density at radius 2 is 1.76 bits per heavy atom. The molecule has 1 N–H and O–H groups in total. The van der Waals surface area contributed by atoms with Gasteiger partial charge in [0.05, 0.1) is 6.10 Å². The minimum atomic E-state index is 0.236. The molecular weight excluding hydrogens is 260 g/mol. The van der Waals surface area contributed by atoms with Crippen LogP contribution in [0.2, 0.25) is 0 Å². The van der Waals surface area contributed by atoms with Crippen LogP contribution in [0.1, 0.15) is 39.2 Å². The number of ether oxygens (including phenoxy) is 1. The molecule has 1 aromatic rings. The van der Waals surface area contributed by atoms with E-state index < -0.39 is 0 Å². The number of likely N-dealkylation sites (tertiary alicyclic amines) is 1. The Morgan fingerprint density at radius 1 is 1.10 bits per heavy atom. The Bertz CT molecular complexity index is 396. The van der Waals surface area contributed by atoms with Gasteiger partial charge in [0.15, 0.2) is 0 Å². The minimum absolute atomic E-state index is 0.236. The van der Waals surface area contributed by atoms with E-state index in [1.807, 2.05) is 0 Å². The average molecular weight is 290 g/mol. The van der Waals surface area contributed by atoms with E-state index in [-0.39, 0.29) is 6.10 Å². The smallest absolute Gasteiger partial charge is 0.119 e. The summed E-state index contributed by atoms with van der Waals surface area (Å²) in [5.74, 6) is 1.67. The lowest BCUT2D eigenvalue weighted by Gasteiger charge is -2.20. The zero-order valence-corrected chi connectivity index (χ0v) is 13.8. The van der Waals surface area contributed by atoms with Crippen LogP contribution in [0.3, 0.4) is 0 Å². The molecule has 3 nitrogen and oxygen atoms in total. The average Bonchev–Trinajstić information content (AvgIpc) is 2.93. The van der Waals surface area contributed by atoms with Crippen molar-refractivity contribution < 1.29 is 4.74 Å². The molecule has 2 rings (SSSR count). The molecule has 1 fully saturated rings. The van der Waals surface area contributed by atoms with Crippen molar-refractivity contribution in [3.63, 3.8) is 0 Å². The molecule has 3 heteroatoms. The fraction of sp³-hybridized carbons (Fsp3) is 0.667. The van der Waals surface area contributed by atoms with Gasteiger partial charge in [0.2, 0.25) is 0 Å². The van der Waals surface area contributed by atoms with E-state index in [0.717, 1.165) is 18.8 Å². The standard InChI is InChI=1S/C18H30N2O/c1-15(2)21-18-8-6-17(7-9-18)13-19-12-16(3)14-20-10-4-5-11-20/h6-9,15-16,19H,4-5,10-14H2,1-3H3. The maximum Gasteiger partial charge on any atom is 0.119 e. The van der Waals surface area contributed by atoms with Crippen LogP contribution in [0.4, 0.5) is 0 Å². The fourth-order valence-corrected chi connectivity index (χ4v) is 2.89. The molecular formula is C18H30N2O.